The van der Waals surface area contributed by atoms with E-state index < -0.39 is 18.0 Å². The molecule has 0 unspecified atom stereocenters. The van der Waals surface area contributed by atoms with E-state index in [1.165, 1.54) is 42.7 Å². The third-order valence-corrected chi connectivity index (χ3v) is 4.17. The zero-order valence-corrected chi connectivity index (χ0v) is 16.1. The van der Waals surface area contributed by atoms with E-state index in [4.69, 9.17) is 27.9 Å². The Balaban J connectivity index is 1.94. The molecule has 0 aliphatic heterocycles. The fourth-order valence-electron chi connectivity index (χ4n) is 2.20. The molecule has 0 fully saturated rings. The van der Waals surface area contributed by atoms with Crippen molar-refractivity contribution in [1.29, 1.82) is 0 Å². The van der Waals surface area contributed by atoms with Gasteiger partial charge in [0, 0.05) is 18.5 Å². The van der Waals surface area contributed by atoms with Gasteiger partial charge in [0.2, 0.25) is 0 Å². The molecule has 12 heteroatoms. The lowest BCUT2D eigenvalue weighted by Gasteiger charge is -2.12. The maximum absolute atomic E-state index is 12.6. The van der Waals surface area contributed by atoms with Crippen LogP contribution in [0.25, 0.3) is 0 Å². The number of hydrogen-bond donors (Lipinski definition) is 1. The zero-order chi connectivity index (χ0) is 21.9. The van der Waals surface area contributed by atoms with Gasteiger partial charge in [-0.1, -0.05) is 23.2 Å². The van der Waals surface area contributed by atoms with E-state index in [0.29, 0.717) is 4.73 Å². The van der Waals surface area contributed by atoms with E-state index >= 15 is 0 Å². The predicted octanol–water partition coefficient (Wildman–Crippen LogP) is 4.86. The SMILES string of the molecule is O=C(N=c1ncccn1O)c1cc(Cl)c(Cl)cc1Oc1ccc(OC(F)(F)F)cc1. The second-order valence-electron chi connectivity index (χ2n) is 5.56. The minimum atomic E-state index is -4.83. The predicted molar refractivity (Wildman–Crippen MR) is 99.0 cm³/mol. The van der Waals surface area contributed by atoms with E-state index in [9.17, 15) is 23.2 Å². The van der Waals surface area contributed by atoms with Crippen molar-refractivity contribution >= 4 is 29.1 Å². The molecular formula is C18H10Cl2F3N3O4. The van der Waals surface area contributed by atoms with Gasteiger partial charge in [-0.3, -0.25) is 4.79 Å². The number of hydrogen-bond acceptors (Lipinski definition) is 5. The Labute approximate surface area is 176 Å². The van der Waals surface area contributed by atoms with Crippen LogP contribution in [0.2, 0.25) is 10.0 Å². The van der Waals surface area contributed by atoms with Crippen LogP contribution in [0, 0.1) is 0 Å². The summed E-state index contributed by atoms with van der Waals surface area (Å²) in [5.74, 6) is -1.28. The van der Waals surface area contributed by atoms with Crippen LogP contribution in [0.15, 0.2) is 59.9 Å². The van der Waals surface area contributed by atoms with Crippen LogP contribution in [0.1, 0.15) is 10.4 Å². The van der Waals surface area contributed by atoms with Crippen molar-refractivity contribution in [2.45, 2.75) is 6.36 Å². The monoisotopic (exact) mass is 459 g/mol. The second-order valence-corrected chi connectivity index (χ2v) is 6.38. The molecule has 0 spiro atoms. The molecule has 0 atom stereocenters. The molecule has 1 amide bonds. The number of amides is 1. The largest absolute Gasteiger partial charge is 0.573 e. The van der Waals surface area contributed by atoms with Crippen LogP contribution in [0.5, 0.6) is 17.2 Å². The Kier molecular flexibility index (Phi) is 6.18. The summed E-state index contributed by atoms with van der Waals surface area (Å²) in [5.41, 5.74) is -0.418. The van der Waals surface area contributed by atoms with Gasteiger partial charge in [-0.25, -0.2) is 4.98 Å². The van der Waals surface area contributed by atoms with E-state index in [0.717, 1.165) is 12.1 Å². The third-order valence-electron chi connectivity index (χ3n) is 3.45. The minimum Gasteiger partial charge on any atom is -0.456 e. The topological polar surface area (TPSA) is 85.9 Å². The van der Waals surface area contributed by atoms with Crippen LogP contribution >= 0.6 is 23.2 Å². The summed E-state index contributed by atoms with van der Waals surface area (Å²) in [6.07, 6.45) is -2.30. The molecule has 0 radical (unpaired) electrons. The highest BCUT2D eigenvalue weighted by Gasteiger charge is 2.31. The Morgan fingerprint density at radius 3 is 2.37 bits per heavy atom. The molecule has 30 heavy (non-hydrogen) atoms. The number of rotatable bonds is 4. The number of aromatic nitrogens is 2. The van der Waals surface area contributed by atoms with E-state index in [-0.39, 0.29) is 32.7 Å². The molecule has 0 saturated carbocycles. The van der Waals surface area contributed by atoms with Gasteiger partial charge in [0.1, 0.15) is 17.2 Å². The molecule has 3 rings (SSSR count). The molecule has 0 bridgehead atoms. The molecule has 1 aromatic heterocycles. The zero-order valence-electron chi connectivity index (χ0n) is 14.6. The van der Waals surface area contributed by atoms with Crippen LogP contribution in [0.4, 0.5) is 13.2 Å². The lowest BCUT2D eigenvalue weighted by atomic mass is 10.2. The van der Waals surface area contributed by atoms with Crippen molar-refractivity contribution in [2.24, 2.45) is 4.99 Å². The van der Waals surface area contributed by atoms with Gasteiger partial charge in [-0.05, 0) is 36.4 Å². The fraction of sp³-hybridized carbons (Fsp3) is 0.0556. The van der Waals surface area contributed by atoms with Gasteiger partial charge in [-0.2, -0.15) is 9.72 Å². The number of benzene rings is 2. The number of alkyl halides is 3. The van der Waals surface area contributed by atoms with Crippen LogP contribution in [-0.4, -0.2) is 27.2 Å². The molecule has 3 aromatic rings. The molecule has 0 saturated heterocycles. The lowest BCUT2D eigenvalue weighted by molar-refractivity contribution is -0.274. The summed E-state index contributed by atoms with van der Waals surface area (Å²) >= 11 is 12.0. The quantitative estimate of drug-likeness (QED) is 0.563. The number of carbonyl (C=O) groups is 1. The van der Waals surface area contributed by atoms with Crippen molar-refractivity contribution in [3.05, 3.63) is 76.1 Å². The number of halogens is 5. The van der Waals surface area contributed by atoms with Gasteiger partial charge in [0.15, 0.2) is 0 Å². The fourth-order valence-corrected chi connectivity index (χ4v) is 2.52. The molecule has 0 aliphatic carbocycles. The van der Waals surface area contributed by atoms with E-state index in [2.05, 4.69) is 14.7 Å². The summed E-state index contributed by atoms with van der Waals surface area (Å²) < 4.78 is 46.7. The van der Waals surface area contributed by atoms with Crippen LogP contribution in [-0.2, 0) is 0 Å². The normalized spacial score (nSPS) is 12.0. The summed E-state index contributed by atoms with van der Waals surface area (Å²) in [6, 6.07) is 8.35. The first-order chi connectivity index (χ1) is 14.1. The van der Waals surface area contributed by atoms with E-state index in [1.54, 1.807) is 0 Å². The molecule has 1 N–H and O–H groups in total. The van der Waals surface area contributed by atoms with Gasteiger partial charge in [0.05, 0.1) is 15.6 Å². The highest BCUT2D eigenvalue weighted by Crippen LogP contribution is 2.34. The van der Waals surface area contributed by atoms with Crippen LogP contribution in [0.3, 0.4) is 0 Å². The van der Waals surface area contributed by atoms with Crippen molar-refractivity contribution in [3.8, 4) is 17.2 Å². The Bertz CT molecular complexity index is 1150. The number of nitrogens with zero attached hydrogens (tertiary/aromatic N) is 3. The number of carbonyl (C=O) groups excluding carboxylic acids is 1. The summed E-state index contributed by atoms with van der Waals surface area (Å²) in [4.78, 5) is 20.0. The smallest absolute Gasteiger partial charge is 0.456 e. The molecule has 7 nitrogen and oxygen atoms in total. The average molecular weight is 460 g/mol. The first kappa shape index (κ1) is 21.5. The van der Waals surface area contributed by atoms with Crippen molar-refractivity contribution in [2.75, 3.05) is 0 Å². The first-order valence-corrected chi connectivity index (χ1v) is 8.73. The van der Waals surface area contributed by atoms with Crippen LogP contribution < -0.4 is 15.1 Å². The molecule has 0 aliphatic rings. The molecule has 1 heterocycles. The van der Waals surface area contributed by atoms with Gasteiger partial charge in [0.25, 0.3) is 11.5 Å². The van der Waals surface area contributed by atoms with Gasteiger partial charge < -0.3 is 14.7 Å². The van der Waals surface area contributed by atoms with Gasteiger partial charge in [-0.15, -0.1) is 13.2 Å². The van der Waals surface area contributed by atoms with Gasteiger partial charge >= 0.3 is 6.36 Å². The van der Waals surface area contributed by atoms with Crippen molar-refractivity contribution in [3.63, 3.8) is 0 Å². The lowest BCUT2D eigenvalue weighted by Crippen LogP contribution is -2.23. The number of ether oxygens (including phenoxy) is 2. The Hall–Kier alpha value is -3.24. The maximum Gasteiger partial charge on any atom is 0.573 e. The Morgan fingerprint density at radius 2 is 1.73 bits per heavy atom. The van der Waals surface area contributed by atoms with Crippen molar-refractivity contribution < 1.29 is 32.6 Å². The molecule has 2 aromatic carbocycles. The summed E-state index contributed by atoms with van der Waals surface area (Å²) in [5, 5.41) is 9.76. The highest BCUT2D eigenvalue weighted by atomic mass is 35.5. The average Bonchev–Trinajstić information content (AvgIpc) is 2.66. The third kappa shape index (κ3) is 5.43. The summed E-state index contributed by atoms with van der Waals surface area (Å²) in [6.45, 7) is 0. The second kappa shape index (κ2) is 8.64. The summed E-state index contributed by atoms with van der Waals surface area (Å²) in [7, 11) is 0. The highest BCUT2D eigenvalue weighted by molar-refractivity contribution is 6.42. The van der Waals surface area contributed by atoms with E-state index in [1.807, 2.05) is 0 Å². The Morgan fingerprint density at radius 1 is 1.10 bits per heavy atom. The maximum atomic E-state index is 12.6. The molecular weight excluding hydrogens is 450 g/mol. The standard InChI is InChI=1S/C18H10Cl2F3N3O4/c19-13-8-12(16(27)25-17-24-6-1-7-26(17)28)15(9-14(13)20)29-10-2-4-11(5-3-10)30-18(21,22)23/h1-9,28H. The minimum absolute atomic E-state index is 0.0365. The van der Waals surface area contributed by atoms with Crippen molar-refractivity contribution in [1.82, 2.24) is 9.71 Å². The molecule has 156 valence electrons. The first-order valence-electron chi connectivity index (χ1n) is 7.97.